The second-order valence-electron chi connectivity index (χ2n) is 4.18. The summed E-state index contributed by atoms with van der Waals surface area (Å²) < 4.78 is 0. The average Bonchev–Trinajstić information content (AvgIpc) is 2.32. The van der Waals surface area contributed by atoms with E-state index >= 15 is 0 Å². The zero-order valence-electron chi connectivity index (χ0n) is 9.61. The third kappa shape index (κ3) is 2.63. The van der Waals surface area contributed by atoms with Gasteiger partial charge in [0, 0.05) is 5.69 Å². The van der Waals surface area contributed by atoms with Crippen LogP contribution >= 0.6 is 0 Å². The van der Waals surface area contributed by atoms with Gasteiger partial charge in [0.1, 0.15) is 0 Å². The summed E-state index contributed by atoms with van der Waals surface area (Å²) in [6.07, 6.45) is 2.16. The van der Waals surface area contributed by atoms with Crippen LogP contribution in [-0.2, 0) is 12.8 Å². The van der Waals surface area contributed by atoms with Crippen LogP contribution in [0.1, 0.15) is 16.7 Å². The van der Waals surface area contributed by atoms with E-state index in [0.29, 0.717) is 0 Å². The van der Waals surface area contributed by atoms with Crippen molar-refractivity contribution in [3.8, 4) is 0 Å². The Morgan fingerprint density at radius 2 is 1.56 bits per heavy atom. The number of anilines is 1. The first kappa shape index (κ1) is 10.7. The SMILES string of the molecule is Cc1cc(CCc2ccccc2)ccc1N. The molecule has 1 heteroatoms. The first-order valence-corrected chi connectivity index (χ1v) is 5.64. The van der Waals surface area contributed by atoms with Crippen molar-refractivity contribution in [3.63, 3.8) is 0 Å². The van der Waals surface area contributed by atoms with Gasteiger partial charge in [0.15, 0.2) is 0 Å². The zero-order valence-corrected chi connectivity index (χ0v) is 9.61. The molecule has 1 nitrogen and oxygen atoms in total. The number of aryl methyl sites for hydroxylation is 3. The minimum absolute atomic E-state index is 0.878. The second-order valence-corrected chi connectivity index (χ2v) is 4.18. The molecule has 2 rings (SSSR count). The van der Waals surface area contributed by atoms with Gasteiger partial charge in [-0.3, -0.25) is 0 Å². The molecule has 0 aliphatic rings. The standard InChI is InChI=1S/C15H17N/c1-12-11-14(9-10-15(12)16)8-7-13-5-3-2-4-6-13/h2-6,9-11H,7-8,16H2,1H3. The summed E-state index contributed by atoms with van der Waals surface area (Å²) >= 11 is 0. The van der Waals surface area contributed by atoms with Crippen LogP contribution in [0.2, 0.25) is 0 Å². The quantitative estimate of drug-likeness (QED) is 0.774. The van der Waals surface area contributed by atoms with E-state index in [1.165, 1.54) is 16.7 Å². The van der Waals surface area contributed by atoms with E-state index in [0.717, 1.165) is 18.5 Å². The van der Waals surface area contributed by atoms with E-state index in [1.54, 1.807) is 0 Å². The molecule has 0 unspecified atom stereocenters. The molecule has 0 aromatic heterocycles. The van der Waals surface area contributed by atoms with Gasteiger partial charge in [0.2, 0.25) is 0 Å². The molecule has 0 amide bonds. The summed E-state index contributed by atoms with van der Waals surface area (Å²) in [5.74, 6) is 0. The molecule has 2 aromatic carbocycles. The Morgan fingerprint density at radius 3 is 2.25 bits per heavy atom. The molecule has 0 fully saturated rings. The van der Waals surface area contributed by atoms with Crippen molar-refractivity contribution in [1.82, 2.24) is 0 Å². The maximum atomic E-state index is 5.80. The van der Waals surface area contributed by atoms with E-state index < -0.39 is 0 Å². The van der Waals surface area contributed by atoms with Gasteiger partial charge in [0.25, 0.3) is 0 Å². The maximum Gasteiger partial charge on any atom is 0.0343 e. The lowest BCUT2D eigenvalue weighted by Crippen LogP contribution is -1.94. The number of hydrogen-bond donors (Lipinski definition) is 1. The van der Waals surface area contributed by atoms with Crippen LogP contribution < -0.4 is 5.73 Å². The van der Waals surface area contributed by atoms with Crippen molar-refractivity contribution in [1.29, 1.82) is 0 Å². The Bertz CT molecular complexity index is 460. The van der Waals surface area contributed by atoms with Gasteiger partial charge in [-0.25, -0.2) is 0 Å². The Hall–Kier alpha value is -1.76. The predicted molar refractivity (Wildman–Crippen MR) is 69.4 cm³/mol. The van der Waals surface area contributed by atoms with Crippen molar-refractivity contribution < 1.29 is 0 Å². The smallest absolute Gasteiger partial charge is 0.0343 e. The molecular formula is C15H17N. The van der Waals surface area contributed by atoms with Gasteiger partial charge in [-0.2, -0.15) is 0 Å². The topological polar surface area (TPSA) is 26.0 Å². The maximum absolute atomic E-state index is 5.80. The van der Waals surface area contributed by atoms with Crippen molar-refractivity contribution in [2.75, 3.05) is 5.73 Å². The Balaban J connectivity index is 2.03. The molecule has 16 heavy (non-hydrogen) atoms. The molecule has 2 aromatic rings. The monoisotopic (exact) mass is 211 g/mol. The van der Waals surface area contributed by atoms with Crippen LogP contribution in [0, 0.1) is 6.92 Å². The summed E-state index contributed by atoms with van der Waals surface area (Å²) in [5, 5.41) is 0. The van der Waals surface area contributed by atoms with Crippen LogP contribution in [-0.4, -0.2) is 0 Å². The van der Waals surface area contributed by atoms with E-state index in [4.69, 9.17) is 5.73 Å². The van der Waals surface area contributed by atoms with Crippen molar-refractivity contribution in [2.24, 2.45) is 0 Å². The number of rotatable bonds is 3. The van der Waals surface area contributed by atoms with E-state index in [9.17, 15) is 0 Å². The fraction of sp³-hybridized carbons (Fsp3) is 0.200. The van der Waals surface area contributed by atoms with Crippen LogP contribution in [0.15, 0.2) is 48.5 Å². The summed E-state index contributed by atoms with van der Waals surface area (Å²) in [6, 6.07) is 16.9. The first-order valence-electron chi connectivity index (χ1n) is 5.64. The third-order valence-electron chi connectivity index (χ3n) is 2.88. The normalized spacial score (nSPS) is 10.3. The zero-order chi connectivity index (χ0) is 11.4. The number of hydrogen-bond acceptors (Lipinski definition) is 1. The fourth-order valence-corrected chi connectivity index (χ4v) is 1.83. The molecule has 82 valence electrons. The van der Waals surface area contributed by atoms with Gasteiger partial charge in [0.05, 0.1) is 0 Å². The largest absolute Gasteiger partial charge is 0.399 e. The van der Waals surface area contributed by atoms with Gasteiger partial charge in [-0.15, -0.1) is 0 Å². The Morgan fingerprint density at radius 1 is 0.875 bits per heavy atom. The molecule has 2 N–H and O–H groups in total. The van der Waals surface area contributed by atoms with E-state index in [-0.39, 0.29) is 0 Å². The molecule has 0 saturated carbocycles. The summed E-state index contributed by atoms with van der Waals surface area (Å²) in [7, 11) is 0. The highest BCUT2D eigenvalue weighted by atomic mass is 14.5. The van der Waals surface area contributed by atoms with Crippen LogP contribution in [0.5, 0.6) is 0 Å². The lowest BCUT2D eigenvalue weighted by Gasteiger charge is -2.05. The molecule has 0 saturated heterocycles. The molecule has 0 spiro atoms. The van der Waals surface area contributed by atoms with Gasteiger partial charge >= 0.3 is 0 Å². The molecule has 0 radical (unpaired) electrons. The molecular weight excluding hydrogens is 194 g/mol. The summed E-state index contributed by atoms with van der Waals surface area (Å²) in [4.78, 5) is 0. The average molecular weight is 211 g/mol. The van der Waals surface area contributed by atoms with Crippen LogP contribution in [0.25, 0.3) is 0 Å². The molecule has 0 heterocycles. The highest BCUT2D eigenvalue weighted by Gasteiger charge is 1.98. The lowest BCUT2D eigenvalue weighted by atomic mass is 10.0. The molecule has 0 atom stereocenters. The molecule has 0 aliphatic carbocycles. The summed E-state index contributed by atoms with van der Waals surface area (Å²) in [6.45, 7) is 2.06. The van der Waals surface area contributed by atoms with Crippen molar-refractivity contribution >= 4 is 5.69 Å². The van der Waals surface area contributed by atoms with E-state index in [2.05, 4.69) is 49.4 Å². The molecule has 0 aliphatic heterocycles. The lowest BCUT2D eigenvalue weighted by molar-refractivity contribution is 0.958. The Kier molecular flexibility index (Phi) is 3.25. The first-order chi connectivity index (χ1) is 7.75. The number of nitrogens with two attached hydrogens (primary N) is 1. The van der Waals surface area contributed by atoms with E-state index in [1.807, 2.05) is 6.07 Å². The van der Waals surface area contributed by atoms with Crippen molar-refractivity contribution in [2.45, 2.75) is 19.8 Å². The van der Waals surface area contributed by atoms with Crippen LogP contribution in [0.4, 0.5) is 5.69 Å². The highest BCUT2D eigenvalue weighted by Crippen LogP contribution is 2.14. The second kappa shape index (κ2) is 4.84. The van der Waals surface area contributed by atoms with Crippen molar-refractivity contribution in [3.05, 3.63) is 65.2 Å². The van der Waals surface area contributed by atoms with Gasteiger partial charge in [-0.1, -0.05) is 42.5 Å². The Labute approximate surface area is 96.9 Å². The number of nitrogen functional groups attached to an aromatic ring is 1. The minimum Gasteiger partial charge on any atom is -0.399 e. The minimum atomic E-state index is 0.878. The van der Waals surface area contributed by atoms with Crippen LogP contribution in [0.3, 0.4) is 0 Å². The third-order valence-corrected chi connectivity index (χ3v) is 2.88. The summed E-state index contributed by atoms with van der Waals surface area (Å²) in [5.41, 5.74) is 10.6. The number of benzene rings is 2. The van der Waals surface area contributed by atoms with Gasteiger partial charge < -0.3 is 5.73 Å². The highest BCUT2D eigenvalue weighted by molar-refractivity contribution is 5.47. The fourth-order valence-electron chi connectivity index (χ4n) is 1.83. The van der Waals surface area contributed by atoms with Gasteiger partial charge in [-0.05, 0) is 42.5 Å². The molecule has 0 bridgehead atoms. The predicted octanol–water partition coefficient (Wildman–Crippen LogP) is 3.36.